The van der Waals surface area contributed by atoms with Gasteiger partial charge in [0.2, 0.25) is 0 Å². The maximum Gasteiger partial charge on any atom is 0.0558 e. The van der Waals surface area contributed by atoms with Crippen molar-refractivity contribution in [2.24, 2.45) is 11.8 Å². The topological polar surface area (TPSA) is 23.5 Å². The first-order chi connectivity index (χ1) is 5.40. The van der Waals surface area contributed by atoms with Gasteiger partial charge in [-0.25, -0.2) is 0 Å². The second kappa shape index (κ2) is 3.33. The van der Waals surface area contributed by atoms with E-state index in [2.05, 4.69) is 16.7 Å². The molecule has 2 atom stereocenters. The summed E-state index contributed by atoms with van der Waals surface area (Å²) in [5, 5.41) is 8.74. The zero-order chi connectivity index (χ0) is 7.68. The van der Waals surface area contributed by atoms with Crippen molar-refractivity contribution in [3.63, 3.8) is 0 Å². The van der Waals surface area contributed by atoms with E-state index in [-0.39, 0.29) is 0 Å². The molecule has 2 aliphatic heterocycles. The number of β-amino-alcohol motifs (C(OH)–C–C–N with tert-alkyl or cyclic N) is 1. The number of aliphatic hydroxyl groups excluding tert-OH is 1. The van der Waals surface area contributed by atoms with E-state index >= 15 is 0 Å². The van der Waals surface area contributed by atoms with E-state index in [4.69, 9.17) is 5.11 Å². The van der Waals surface area contributed by atoms with Crippen molar-refractivity contribution in [1.82, 2.24) is 4.90 Å². The second-order valence-electron chi connectivity index (χ2n) is 3.54. The average Bonchev–Trinajstić information content (AvgIpc) is 2.46. The molecule has 0 aromatic heterocycles. The summed E-state index contributed by atoms with van der Waals surface area (Å²) in [5.41, 5.74) is 0. The molecule has 0 amide bonds. The Kier molecular flexibility index (Phi) is 2.39. The number of nitrogens with zero attached hydrogens (tertiary/aromatic N) is 1. The third kappa shape index (κ3) is 1.55. The smallest absolute Gasteiger partial charge is 0.0558 e. The Labute approximate surface area is 72.0 Å². The minimum Gasteiger partial charge on any atom is -0.395 e. The van der Waals surface area contributed by atoms with Gasteiger partial charge in [-0.1, -0.05) is 0 Å². The molecule has 0 unspecified atom stereocenters. The van der Waals surface area contributed by atoms with Crippen LogP contribution < -0.4 is 0 Å². The van der Waals surface area contributed by atoms with Crippen LogP contribution in [0.5, 0.6) is 0 Å². The molecule has 2 aliphatic rings. The Hall–Kier alpha value is 0.270. The van der Waals surface area contributed by atoms with Crippen LogP contribution in [0.1, 0.15) is 0 Å². The fourth-order valence-electron chi connectivity index (χ4n) is 2.11. The molecule has 2 fully saturated rings. The first-order valence-corrected chi connectivity index (χ1v) is 5.46. The number of fused-ring (bicyclic) bond motifs is 1. The summed E-state index contributed by atoms with van der Waals surface area (Å²) in [4.78, 5) is 2.40. The molecule has 0 radical (unpaired) electrons. The molecule has 2 saturated heterocycles. The van der Waals surface area contributed by atoms with Crippen molar-refractivity contribution < 1.29 is 5.11 Å². The number of hydrogen-bond donors (Lipinski definition) is 1. The fourth-order valence-corrected chi connectivity index (χ4v) is 3.61. The average molecular weight is 173 g/mol. The van der Waals surface area contributed by atoms with Gasteiger partial charge in [-0.05, 0) is 23.3 Å². The maximum absolute atomic E-state index is 8.74. The highest BCUT2D eigenvalue weighted by atomic mass is 32.2. The molecule has 0 bridgehead atoms. The highest BCUT2D eigenvalue weighted by Crippen LogP contribution is 2.35. The van der Waals surface area contributed by atoms with E-state index in [1.54, 1.807) is 0 Å². The molecule has 2 nitrogen and oxygen atoms in total. The van der Waals surface area contributed by atoms with E-state index in [0.717, 1.165) is 18.4 Å². The predicted octanol–water partition coefficient (Wildman–Crippen LogP) is 0.273. The van der Waals surface area contributed by atoms with Crippen LogP contribution in [0.25, 0.3) is 0 Å². The Bertz CT molecular complexity index is 130. The molecular formula is C8H15NOS. The van der Waals surface area contributed by atoms with E-state index in [0.29, 0.717) is 6.61 Å². The van der Waals surface area contributed by atoms with E-state index in [1.165, 1.54) is 24.6 Å². The number of aliphatic hydroxyl groups is 1. The molecule has 11 heavy (non-hydrogen) atoms. The third-order valence-corrected chi connectivity index (χ3v) is 4.06. The number of likely N-dealkylation sites (tertiary alicyclic amines) is 1. The quantitative estimate of drug-likeness (QED) is 0.648. The lowest BCUT2D eigenvalue weighted by atomic mass is 10.0. The zero-order valence-corrected chi connectivity index (χ0v) is 7.52. The Balaban J connectivity index is 1.84. The normalized spacial score (nSPS) is 37.9. The van der Waals surface area contributed by atoms with Gasteiger partial charge in [0.1, 0.15) is 0 Å². The van der Waals surface area contributed by atoms with E-state index in [1.807, 2.05) is 0 Å². The van der Waals surface area contributed by atoms with Crippen LogP contribution in [0.15, 0.2) is 0 Å². The van der Waals surface area contributed by atoms with Gasteiger partial charge >= 0.3 is 0 Å². The van der Waals surface area contributed by atoms with Crippen molar-refractivity contribution in [1.29, 1.82) is 0 Å². The molecule has 2 rings (SSSR count). The van der Waals surface area contributed by atoms with Crippen molar-refractivity contribution in [3.8, 4) is 0 Å². The van der Waals surface area contributed by atoms with Gasteiger partial charge in [0.25, 0.3) is 0 Å². The molecule has 0 spiro atoms. The Morgan fingerprint density at radius 1 is 1.27 bits per heavy atom. The minimum absolute atomic E-state index is 0.326. The fraction of sp³-hybridized carbons (Fsp3) is 1.00. The summed E-state index contributed by atoms with van der Waals surface area (Å²) in [6.45, 7) is 3.68. The molecule has 2 heterocycles. The molecule has 3 heteroatoms. The van der Waals surface area contributed by atoms with Gasteiger partial charge in [0, 0.05) is 19.6 Å². The molecule has 0 aromatic carbocycles. The third-order valence-electron chi connectivity index (χ3n) is 2.73. The lowest BCUT2D eigenvalue weighted by Gasteiger charge is -2.13. The van der Waals surface area contributed by atoms with E-state index < -0.39 is 0 Å². The van der Waals surface area contributed by atoms with Gasteiger partial charge < -0.3 is 10.0 Å². The molecule has 64 valence electrons. The SMILES string of the molecule is OCCN1C[C@H]2CSC[C@@H]2C1. The van der Waals surface area contributed by atoms with Gasteiger partial charge in [-0.2, -0.15) is 11.8 Å². The molecule has 1 N–H and O–H groups in total. The van der Waals surface area contributed by atoms with Crippen LogP contribution in [-0.2, 0) is 0 Å². The predicted molar refractivity (Wildman–Crippen MR) is 47.8 cm³/mol. The molecule has 0 saturated carbocycles. The lowest BCUT2D eigenvalue weighted by molar-refractivity contribution is 0.216. The summed E-state index contributed by atoms with van der Waals surface area (Å²) < 4.78 is 0. The Morgan fingerprint density at radius 2 is 1.91 bits per heavy atom. The van der Waals surface area contributed by atoms with Crippen LogP contribution in [0, 0.1) is 11.8 Å². The van der Waals surface area contributed by atoms with Crippen molar-refractivity contribution in [3.05, 3.63) is 0 Å². The van der Waals surface area contributed by atoms with Crippen molar-refractivity contribution >= 4 is 11.8 Å². The maximum atomic E-state index is 8.74. The summed E-state index contributed by atoms with van der Waals surface area (Å²) in [7, 11) is 0. The van der Waals surface area contributed by atoms with Gasteiger partial charge in [0.05, 0.1) is 6.61 Å². The molecule has 0 aromatic rings. The van der Waals surface area contributed by atoms with Crippen LogP contribution >= 0.6 is 11.8 Å². The summed E-state index contributed by atoms with van der Waals surface area (Å²) in [5.74, 6) is 4.58. The van der Waals surface area contributed by atoms with E-state index in [9.17, 15) is 0 Å². The van der Waals surface area contributed by atoms with Gasteiger partial charge in [0.15, 0.2) is 0 Å². The Morgan fingerprint density at radius 3 is 2.45 bits per heavy atom. The molecule has 0 aliphatic carbocycles. The largest absolute Gasteiger partial charge is 0.395 e. The van der Waals surface area contributed by atoms with Crippen LogP contribution in [0.2, 0.25) is 0 Å². The van der Waals surface area contributed by atoms with Crippen molar-refractivity contribution in [2.45, 2.75) is 0 Å². The van der Waals surface area contributed by atoms with Crippen LogP contribution in [0.3, 0.4) is 0 Å². The second-order valence-corrected chi connectivity index (χ2v) is 4.62. The van der Waals surface area contributed by atoms with Crippen molar-refractivity contribution in [2.75, 3.05) is 37.7 Å². The number of thioether (sulfide) groups is 1. The van der Waals surface area contributed by atoms with Crippen LogP contribution in [0.4, 0.5) is 0 Å². The van der Waals surface area contributed by atoms with Crippen LogP contribution in [-0.4, -0.2) is 47.8 Å². The minimum atomic E-state index is 0.326. The highest BCUT2D eigenvalue weighted by molar-refractivity contribution is 7.99. The summed E-state index contributed by atoms with van der Waals surface area (Å²) in [6.07, 6.45) is 0. The highest BCUT2D eigenvalue weighted by Gasteiger charge is 2.35. The first kappa shape index (κ1) is 7.90. The lowest BCUT2D eigenvalue weighted by Crippen LogP contribution is -2.25. The monoisotopic (exact) mass is 173 g/mol. The first-order valence-electron chi connectivity index (χ1n) is 4.31. The van der Waals surface area contributed by atoms with Gasteiger partial charge in [-0.15, -0.1) is 0 Å². The standard InChI is InChI=1S/C8H15NOS/c10-2-1-9-3-7-5-11-6-8(7)4-9/h7-8,10H,1-6H2/t7-,8-/m0/s1. The summed E-state index contributed by atoms with van der Waals surface area (Å²) in [6, 6.07) is 0. The number of hydrogen-bond acceptors (Lipinski definition) is 3. The number of rotatable bonds is 2. The zero-order valence-electron chi connectivity index (χ0n) is 6.70. The molecular weight excluding hydrogens is 158 g/mol. The summed E-state index contributed by atoms with van der Waals surface area (Å²) >= 11 is 2.10. The van der Waals surface area contributed by atoms with Gasteiger partial charge in [-0.3, -0.25) is 0 Å².